The average molecular weight is 286 g/mol. The summed E-state index contributed by atoms with van der Waals surface area (Å²) in [5, 5.41) is 0. The van der Waals surface area contributed by atoms with Crippen molar-refractivity contribution in [1.82, 2.24) is 0 Å². The number of ether oxygens (including phenoxy) is 1. The van der Waals surface area contributed by atoms with Crippen molar-refractivity contribution in [3.05, 3.63) is 59.7 Å². The van der Waals surface area contributed by atoms with Crippen molar-refractivity contribution in [3.63, 3.8) is 0 Å². The van der Waals surface area contributed by atoms with E-state index in [1.807, 2.05) is 18.2 Å². The van der Waals surface area contributed by atoms with Crippen LogP contribution in [0.5, 0.6) is 5.75 Å². The summed E-state index contributed by atoms with van der Waals surface area (Å²) in [5.41, 5.74) is 2.59. The average Bonchev–Trinajstić information content (AvgIpc) is 2.53. The summed E-state index contributed by atoms with van der Waals surface area (Å²) < 4.78 is 5.96. The van der Waals surface area contributed by atoms with Gasteiger partial charge < -0.3 is 4.74 Å². The second kappa shape index (κ2) is 7.39. The topological polar surface area (TPSA) is 9.23 Å². The first-order valence-electron chi connectivity index (χ1n) is 7.09. The van der Waals surface area contributed by atoms with Gasteiger partial charge in [-0.15, -0.1) is 11.8 Å². The fourth-order valence-corrected chi connectivity index (χ4v) is 2.66. The van der Waals surface area contributed by atoms with Crippen molar-refractivity contribution in [1.29, 1.82) is 0 Å². The molecule has 2 rings (SSSR count). The summed E-state index contributed by atoms with van der Waals surface area (Å²) in [6.45, 7) is 5.12. The zero-order chi connectivity index (χ0) is 14.4. The highest BCUT2D eigenvalue weighted by Crippen LogP contribution is 2.32. The summed E-state index contributed by atoms with van der Waals surface area (Å²) in [4.78, 5) is 1.22. The molecule has 2 aromatic rings. The van der Waals surface area contributed by atoms with Crippen LogP contribution in [0.15, 0.2) is 53.4 Å². The van der Waals surface area contributed by atoms with Crippen LogP contribution in [0.3, 0.4) is 0 Å². The Balaban J connectivity index is 2.11. The molecule has 106 valence electrons. The Labute approximate surface area is 126 Å². The quantitative estimate of drug-likeness (QED) is 0.648. The third kappa shape index (κ3) is 3.80. The molecule has 2 aromatic carbocycles. The van der Waals surface area contributed by atoms with Gasteiger partial charge in [0, 0.05) is 4.90 Å². The van der Waals surface area contributed by atoms with Crippen LogP contribution in [-0.4, -0.2) is 6.26 Å². The van der Waals surface area contributed by atoms with Gasteiger partial charge in [-0.3, -0.25) is 0 Å². The minimum Gasteiger partial charge on any atom is -0.488 e. The van der Waals surface area contributed by atoms with Crippen molar-refractivity contribution in [2.24, 2.45) is 0 Å². The summed E-state index contributed by atoms with van der Waals surface area (Å²) in [6, 6.07) is 16.8. The Morgan fingerprint density at radius 3 is 2.50 bits per heavy atom. The Hall–Kier alpha value is -1.41. The second-order valence-corrected chi connectivity index (χ2v) is 5.84. The van der Waals surface area contributed by atoms with Gasteiger partial charge in [-0.05, 0) is 41.9 Å². The second-order valence-electron chi connectivity index (χ2n) is 4.99. The third-order valence-corrected chi connectivity index (χ3v) is 4.37. The number of hydrogen-bond acceptors (Lipinski definition) is 2. The fraction of sp³-hybridized carbons (Fsp3) is 0.333. The largest absolute Gasteiger partial charge is 0.488 e. The Morgan fingerprint density at radius 2 is 1.85 bits per heavy atom. The standard InChI is InChI=1S/C18H22OS/c1-4-14(2)16-10-11-17(18(12-16)20-3)19-13-15-8-6-5-7-9-15/h5-12,14H,4,13H2,1-3H3. The van der Waals surface area contributed by atoms with Gasteiger partial charge in [0.1, 0.15) is 12.4 Å². The van der Waals surface area contributed by atoms with Crippen LogP contribution >= 0.6 is 11.8 Å². The monoisotopic (exact) mass is 286 g/mol. The van der Waals surface area contributed by atoms with E-state index < -0.39 is 0 Å². The van der Waals surface area contributed by atoms with Crippen molar-refractivity contribution < 1.29 is 4.74 Å². The first-order chi connectivity index (χ1) is 9.74. The predicted octanol–water partition coefficient (Wildman–Crippen LogP) is 5.50. The van der Waals surface area contributed by atoms with Crippen molar-refractivity contribution in [3.8, 4) is 5.75 Å². The van der Waals surface area contributed by atoms with E-state index in [-0.39, 0.29) is 0 Å². The maximum atomic E-state index is 5.96. The van der Waals surface area contributed by atoms with Crippen LogP contribution in [0, 0.1) is 0 Å². The minimum absolute atomic E-state index is 0.601. The van der Waals surface area contributed by atoms with Crippen LogP contribution in [-0.2, 0) is 6.61 Å². The maximum Gasteiger partial charge on any atom is 0.133 e. The molecule has 2 heteroatoms. The SMILES string of the molecule is CCC(C)c1ccc(OCc2ccccc2)c(SC)c1. The molecule has 20 heavy (non-hydrogen) atoms. The number of rotatable bonds is 6. The molecule has 0 fully saturated rings. The van der Waals surface area contributed by atoms with E-state index in [4.69, 9.17) is 4.74 Å². The third-order valence-electron chi connectivity index (χ3n) is 3.61. The molecular formula is C18H22OS. The molecule has 0 spiro atoms. The van der Waals surface area contributed by atoms with E-state index >= 15 is 0 Å². The van der Waals surface area contributed by atoms with Crippen LogP contribution in [0.25, 0.3) is 0 Å². The van der Waals surface area contributed by atoms with E-state index in [0.717, 1.165) is 12.2 Å². The van der Waals surface area contributed by atoms with Gasteiger partial charge >= 0.3 is 0 Å². The maximum absolute atomic E-state index is 5.96. The van der Waals surface area contributed by atoms with Crippen molar-refractivity contribution in [2.75, 3.05) is 6.26 Å². The lowest BCUT2D eigenvalue weighted by Crippen LogP contribution is -1.98. The molecule has 0 saturated carbocycles. The Morgan fingerprint density at radius 1 is 1.10 bits per heavy atom. The molecule has 0 bridgehead atoms. The first kappa shape index (κ1) is 15.0. The molecule has 1 nitrogen and oxygen atoms in total. The van der Waals surface area contributed by atoms with E-state index in [1.165, 1.54) is 16.0 Å². The van der Waals surface area contributed by atoms with Gasteiger partial charge in [-0.1, -0.05) is 50.2 Å². The summed E-state index contributed by atoms with van der Waals surface area (Å²) in [5.74, 6) is 1.58. The fourth-order valence-electron chi connectivity index (χ4n) is 2.08. The van der Waals surface area contributed by atoms with Crippen LogP contribution in [0.1, 0.15) is 37.3 Å². The van der Waals surface area contributed by atoms with Gasteiger partial charge in [0.05, 0.1) is 0 Å². The predicted molar refractivity (Wildman–Crippen MR) is 87.7 cm³/mol. The minimum atomic E-state index is 0.601. The molecule has 0 aromatic heterocycles. The lowest BCUT2D eigenvalue weighted by Gasteiger charge is -2.14. The highest BCUT2D eigenvalue weighted by Gasteiger charge is 2.08. The van der Waals surface area contributed by atoms with Gasteiger partial charge in [0.2, 0.25) is 0 Å². The van der Waals surface area contributed by atoms with E-state index in [9.17, 15) is 0 Å². The van der Waals surface area contributed by atoms with Crippen LogP contribution in [0.4, 0.5) is 0 Å². The van der Waals surface area contributed by atoms with Gasteiger partial charge in [-0.25, -0.2) is 0 Å². The molecule has 0 aliphatic rings. The molecule has 1 unspecified atom stereocenters. The van der Waals surface area contributed by atoms with E-state index in [0.29, 0.717) is 12.5 Å². The molecule has 0 heterocycles. The molecule has 0 saturated heterocycles. The smallest absolute Gasteiger partial charge is 0.133 e. The number of hydrogen-bond donors (Lipinski definition) is 0. The lowest BCUT2D eigenvalue weighted by atomic mass is 9.99. The number of benzene rings is 2. The Kier molecular flexibility index (Phi) is 5.54. The summed E-state index contributed by atoms with van der Waals surface area (Å²) in [7, 11) is 0. The van der Waals surface area contributed by atoms with Gasteiger partial charge in [0.25, 0.3) is 0 Å². The molecular weight excluding hydrogens is 264 g/mol. The molecule has 0 radical (unpaired) electrons. The highest BCUT2D eigenvalue weighted by atomic mass is 32.2. The van der Waals surface area contributed by atoms with Gasteiger partial charge in [0.15, 0.2) is 0 Å². The molecule has 0 amide bonds. The zero-order valence-electron chi connectivity index (χ0n) is 12.4. The van der Waals surface area contributed by atoms with Crippen LogP contribution < -0.4 is 4.74 Å². The molecule has 0 aliphatic heterocycles. The summed E-state index contributed by atoms with van der Waals surface area (Å²) >= 11 is 1.75. The van der Waals surface area contributed by atoms with Gasteiger partial charge in [-0.2, -0.15) is 0 Å². The molecule has 1 atom stereocenters. The van der Waals surface area contributed by atoms with Crippen molar-refractivity contribution in [2.45, 2.75) is 37.7 Å². The zero-order valence-corrected chi connectivity index (χ0v) is 13.2. The molecule has 0 aliphatic carbocycles. The molecule has 0 N–H and O–H groups in total. The van der Waals surface area contributed by atoms with Crippen LogP contribution in [0.2, 0.25) is 0 Å². The number of thioether (sulfide) groups is 1. The van der Waals surface area contributed by atoms with E-state index in [2.05, 4.69) is 50.4 Å². The first-order valence-corrected chi connectivity index (χ1v) is 8.31. The normalized spacial score (nSPS) is 12.2. The lowest BCUT2D eigenvalue weighted by molar-refractivity contribution is 0.299. The highest BCUT2D eigenvalue weighted by molar-refractivity contribution is 7.98. The summed E-state index contributed by atoms with van der Waals surface area (Å²) in [6.07, 6.45) is 3.27. The van der Waals surface area contributed by atoms with Crippen molar-refractivity contribution >= 4 is 11.8 Å². The Bertz CT molecular complexity index is 536. The van der Waals surface area contributed by atoms with E-state index in [1.54, 1.807) is 11.8 Å².